The van der Waals surface area contributed by atoms with Crippen molar-refractivity contribution in [2.75, 3.05) is 26.2 Å². The average molecular weight is 410 g/mol. The van der Waals surface area contributed by atoms with Crippen molar-refractivity contribution >= 4 is 5.96 Å². The summed E-state index contributed by atoms with van der Waals surface area (Å²) in [4.78, 5) is 11.8. The normalized spacial score (nSPS) is 15.7. The Labute approximate surface area is 180 Å². The summed E-state index contributed by atoms with van der Waals surface area (Å²) in [7, 11) is 0. The summed E-state index contributed by atoms with van der Waals surface area (Å²) in [6, 6.07) is 14.6. The van der Waals surface area contributed by atoms with Crippen LogP contribution in [0, 0.1) is 0 Å². The molecule has 30 heavy (non-hydrogen) atoms. The molecule has 0 unspecified atom stereocenters. The van der Waals surface area contributed by atoms with Gasteiger partial charge in [0.05, 0.1) is 6.54 Å². The van der Waals surface area contributed by atoms with Gasteiger partial charge in [-0.25, -0.2) is 9.98 Å². The van der Waals surface area contributed by atoms with Crippen molar-refractivity contribution in [1.82, 2.24) is 20.5 Å². The van der Waals surface area contributed by atoms with Gasteiger partial charge in [0.25, 0.3) is 0 Å². The topological polar surface area (TPSA) is 61.8 Å². The van der Waals surface area contributed by atoms with Gasteiger partial charge in [0.2, 0.25) is 5.88 Å². The maximum absolute atomic E-state index is 5.97. The number of aliphatic imine (C=N–C) groups is 1. The van der Waals surface area contributed by atoms with Crippen LogP contribution >= 0.6 is 0 Å². The van der Waals surface area contributed by atoms with Gasteiger partial charge in [0, 0.05) is 37.4 Å². The first-order valence-electron chi connectivity index (χ1n) is 11.2. The van der Waals surface area contributed by atoms with Crippen molar-refractivity contribution in [3.8, 4) is 5.88 Å². The molecule has 2 heterocycles. The molecule has 0 saturated carbocycles. The van der Waals surface area contributed by atoms with E-state index in [0.29, 0.717) is 25.1 Å². The van der Waals surface area contributed by atoms with Crippen LogP contribution in [0.15, 0.2) is 53.7 Å². The number of aromatic nitrogens is 1. The number of nitrogens with zero attached hydrogens (tertiary/aromatic N) is 3. The first kappa shape index (κ1) is 22.1. The third-order valence-corrected chi connectivity index (χ3v) is 5.29. The van der Waals surface area contributed by atoms with Gasteiger partial charge in [-0.15, -0.1) is 0 Å². The summed E-state index contributed by atoms with van der Waals surface area (Å²) < 4.78 is 5.97. The van der Waals surface area contributed by atoms with Crippen molar-refractivity contribution in [2.45, 2.75) is 52.3 Å². The molecule has 3 rings (SSSR count). The van der Waals surface area contributed by atoms with Crippen molar-refractivity contribution in [3.63, 3.8) is 0 Å². The van der Waals surface area contributed by atoms with Crippen molar-refractivity contribution in [1.29, 1.82) is 0 Å². The smallest absolute Gasteiger partial charge is 0.218 e. The molecule has 1 aliphatic rings. The Morgan fingerprint density at radius 1 is 1.13 bits per heavy atom. The van der Waals surface area contributed by atoms with E-state index in [1.807, 2.05) is 30.3 Å². The van der Waals surface area contributed by atoms with Crippen molar-refractivity contribution in [3.05, 3.63) is 59.8 Å². The molecule has 1 aromatic carbocycles. The van der Waals surface area contributed by atoms with Crippen LogP contribution in [0.25, 0.3) is 0 Å². The van der Waals surface area contributed by atoms with E-state index in [4.69, 9.17) is 9.73 Å². The molecule has 6 heteroatoms. The fourth-order valence-electron chi connectivity index (χ4n) is 3.70. The van der Waals surface area contributed by atoms with Crippen molar-refractivity contribution in [2.24, 2.45) is 4.99 Å². The van der Waals surface area contributed by atoms with Crippen LogP contribution in [-0.2, 0) is 13.2 Å². The second-order valence-corrected chi connectivity index (χ2v) is 7.70. The third-order valence-electron chi connectivity index (χ3n) is 5.29. The predicted molar refractivity (Wildman–Crippen MR) is 123 cm³/mol. The minimum atomic E-state index is 0.471. The highest BCUT2D eigenvalue weighted by Crippen LogP contribution is 2.17. The molecule has 2 aromatic rings. The molecule has 1 aromatic heterocycles. The highest BCUT2D eigenvalue weighted by Gasteiger charge is 2.19. The summed E-state index contributed by atoms with van der Waals surface area (Å²) in [5, 5.41) is 7.00. The minimum Gasteiger partial charge on any atom is -0.473 e. The Bertz CT molecular complexity index is 772. The van der Waals surface area contributed by atoms with Gasteiger partial charge in [0.1, 0.15) is 6.61 Å². The number of rotatable bonds is 9. The van der Waals surface area contributed by atoms with E-state index in [-0.39, 0.29) is 0 Å². The molecule has 0 amide bonds. The van der Waals surface area contributed by atoms with E-state index in [1.165, 1.54) is 13.0 Å². The van der Waals surface area contributed by atoms with Gasteiger partial charge in [-0.05, 0) is 44.4 Å². The van der Waals surface area contributed by atoms with Gasteiger partial charge in [-0.1, -0.05) is 43.3 Å². The minimum absolute atomic E-state index is 0.471. The molecule has 162 valence electrons. The Kier molecular flexibility index (Phi) is 8.97. The van der Waals surface area contributed by atoms with Gasteiger partial charge in [0.15, 0.2) is 5.96 Å². The monoisotopic (exact) mass is 409 g/mol. The standard InChI is InChI=1S/C24H35N5O/c1-3-15-29-16-12-22(13-17-29)28-24(25-4-2)27-18-21-11-8-14-26-23(21)30-19-20-9-6-5-7-10-20/h5-11,14,22H,3-4,12-13,15-19H2,1-2H3,(H2,25,27,28). The quantitative estimate of drug-likeness (QED) is 0.490. The summed E-state index contributed by atoms with van der Waals surface area (Å²) in [6.45, 7) is 9.73. The zero-order chi connectivity index (χ0) is 21.0. The van der Waals surface area contributed by atoms with Crippen LogP contribution in [0.5, 0.6) is 5.88 Å². The van der Waals surface area contributed by atoms with E-state index < -0.39 is 0 Å². The lowest BCUT2D eigenvalue weighted by Gasteiger charge is -2.32. The Balaban J connectivity index is 1.58. The van der Waals surface area contributed by atoms with Crippen LogP contribution < -0.4 is 15.4 Å². The van der Waals surface area contributed by atoms with Crippen LogP contribution in [0.3, 0.4) is 0 Å². The molecule has 0 atom stereocenters. The molecule has 1 fully saturated rings. The fraction of sp³-hybridized carbons (Fsp3) is 0.500. The number of hydrogen-bond acceptors (Lipinski definition) is 4. The number of piperidine rings is 1. The van der Waals surface area contributed by atoms with Gasteiger partial charge in [-0.3, -0.25) is 0 Å². The molecule has 6 nitrogen and oxygen atoms in total. The molecular weight excluding hydrogens is 374 g/mol. The second-order valence-electron chi connectivity index (χ2n) is 7.70. The van der Waals surface area contributed by atoms with Crippen LogP contribution in [-0.4, -0.2) is 48.1 Å². The Hall–Kier alpha value is -2.60. The van der Waals surface area contributed by atoms with Crippen LogP contribution in [0.4, 0.5) is 0 Å². The zero-order valence-corrected chi connectivity index (χ0v) is 18.3. The first-order valence-corrected chi connectivity index (χ1v) is 11.2. The highest BCUT2D eigenvalue weighted by molar-refractivity contribution is 5.80. The summed E-state index contributed by atoms with van der Waals surface area (Å²) >= 11 is 0. The maximum atomic E-state index is 5.97. The molecule has 0 spiro atoms. The second kappa shape index (κ2) is 12.2. The van der Waals surface area contributed by atoms with E-state index in [2.05, 4.69) is 46.5 Å². The van der Waals surface area contributed by atoms with Gasteiger partial charge in [-0.2, -0.15) is 0 Å². The molecule has 2 N–H and O–H groups in total. The SMILES string of the molecule is CCCN1CCC(NC(=NCc2cccnc2OCc2ccccc2)NCC)CC1. The largest absolute Gasteiger partial charge is 0.473 e. The zero-order valence-electron chi connectivity index (χ0n) is 18.3. The Morgan fingerprint density at radius 2 is 1.93 bits per heavy atom. The predicted octanol–water partition coefficient (Wildman–Crippen LogP) is 3.59. The number of ether oxygens (including phenoxy) is 1. The van der Waals surface area contributed by atoms with E-state index >= 15 is 0 Å². The summed E-state index contributed by atoms with van der Waals surface area (Å²) in [5.41, 5.74) is 2.12. The molecule has 1 aliphatic heterocycles. The summed E-state index contributed by atoms with van der Waals surface area (Å²) in [6.07, 6.45) is 5.30. The van der Waals surface area contributed by atoms with E-state index in [9.17, 15) is 0 Å². The first-order chi connectivity index (χ1) is 14.8. The lowest BCUT2D eigenvalue weighted by molar-refractivity contribution is 0.206. The van der Waals surface area contributed by atoms with Crippen molar-refractivity contribution < 1.29 is 4.74 Å². The maximum Gasteiger partial charge on any atom is 0.218 e. The number of benzene rings is 1. The van der Waals surface area contributed by atoms with Gasteiger partial charge >= 0.3 is 0 Å². The summed E-state index contributed by atoms with van der Waals surface area (Å²) in [5.74, 6) is 1.51. The number of likely N-dealkylation sites (tertiary alicyclic amines) is 1. The molecule has 0 aliphatic carbocycles. The van der Waals surface area contributed by atoms with E-state index in [1.54, 1.807) is 6.20 Å². The number of nitrogens with one attached hydrogen (secondary N) is 2. The highest BCUT2D eigenvalue weighted by atomic mass is 16.5. The Morgan fingerprint density at radius 3 is 2.67 bits per heavy atom. The number of guanidine groups is 1. The lowest BCUT2D eigenvalue weighted by atomic mass is 10.1. The molecule has 0 bridgehead atoms. The fourth-order valence-corrected chi connectivity index (χ4v) is 3.70. The van der Waals surface area contributed by atoms with Crippen LogP contribution in [0.2, 0.25) is 0 Å². The van der Waals surface area contributed by atoms with Crippen LogP contribution in [0.1, 0.15) is 44.2 Å². The number of pyridine rings is 1. The average Bonchev–Trinajstić information content (AvgIpc) is 2.79. The molecule has 1 saturated heterocycles. The van der Waals surface area contributed by atoms with E-state index in [0.717, 1.165) is 49.6 Å². The molecule has 0 radical (unpaired) electrons. The third kappa shape index (κ3) is 7.02. The van der Waals surface area contributed by atoms with Gasteiger partial charge < -0.3 is 20.3 Å². The number of hydrogen-bond donors (Lipinski definition) is 2. The lowest BCUT2D eigenvalue weighted by Crippen LogP contribution is -2.48. The molecular formula is C24H35N5O.